The van der Waals surface area contributed by atoms with E-state index in [-0.39, 0.29) is 10.3 Å². The normalized spacial score (nSPS) is 30.8. The molecule has 1 amide bonds. The summed E-state index contributed by atoms with van der Waals surface area (Å²) in [6, 6.07) is 0. The lowest BCUT2D eigenvalue weighted by molar-refractivity contribution is -0.122. The Bertz CT molecular complexity index is 187. The van der Waals surface area contributed by atoms with Gasteiger partial charge in [-0.3, -0.25) is 4.79 Å². The Labute approximate surface area is 78.7 Å². The molecule has 1 saturated heterocycles. The van der Waals surface area contributed by atoms with Crippen LogP contribution in [0.2, 0.25) is 0 Å². The van der Waals surface area contributed by atoms with Crippen LogP contribution >= 0.6 is 11.8 Å². The van der Waals surface area contributed by atoms with Crippen molar-refractivity contribution in [3.05, 3.63) is 0 Å². The molecule has 1 heterocycles. The number of amides is 1. The summed E-state index contributed by atoms with van der Waals surface area (Å²) >= 11 is 1.88. The van der Waals surface area contributed by atoms with Crippen LogP contribution in [0, 0.1) is 5.41 Å². The molecule has 0 bridgehead atoms. The van der Waals surface area contributed by atoms with Gasteiger partial charge in [-0.1, -0.05) is 20.8 Å². The third-order valence-electron chi connectivity index (χ3n) is 2.78. The third kappa shape index (κ3) is 1.35. The Hall–Kier alpha value is -0.180. The molecule has 70 valence electrons. The Balaban J connectivity index is 2.89. The van der Waals surface area contributed by atoms with Crippen molar-refractivity contribution in [2.45, 2.75) is 32.6 Å². The number of carbonyl (C=O) groups is 1. The maximum absolute atomic E-state index is 10.8. The molecule has 0 spiro atoms. The molecule has 0 aromatic rings. The van der Waals surface area contributed by atoms with Gasteiger partial charge in [-0.05, 0) is 12.3 Å². The van der Waals surface area contributed by atoms with Gasteiger partial charge in [0.25, 0.3) is 0 Å². The lowest BCUT2D eigenvalue weighted by atomic mass is 9.86. The largest absolute Gasteiger partial charge is 0.329 e. The molecule has 1 aliphatic rings. The zero-order chi connectivity index (χ0) is 9.41. The van der Waals surface area contributed by atoms with E-state index in [0.29, 0.717) is 0 Å². The van der Waals surface area contributed by atoms with E-state index in [0.717, 1.165) is 18.7 Å². The quantitative estimate of drug-likeness (QED) is 0.585. The summed E-state index contributed by atoms with van der Waals surface area (Å²) in [5.41, 5.74) is 0.148. The molecule has 2 nitrogen and oxygen atoms in total. The molecule has 1 fully saturated rings. The number of carbonyl (C=O) groups excluding carboxylic acids is 1. The maximum Gasteiger partial charge on any atom is 0.210 e. The molecule has 0 radical (unpaired) electrons. The zero-order valence-corrected chi connectivity index (χ0v) is 9.07. The van der Waals surface area contributed by atoms with Crippen LogP contribution in [0.5, 0.6) is 0 Å². The minimum Gasteiger partial charge on any atom is -0.329 e. The molecule has 1 rings (SSSR count). The first-order valence-electron chi connectivity index (χ1n) is 4.28. The number of hydrogen-bond donors (Lipinski definition) is 0. The minimum atomic E-state index is -0.0191. The fourth-order valence-electron chi connectivity index (χ4n) is 1.44. The van der Waals surface area contributed by atoms with Gasteiger partial charge < -0.3 is 4.90 Å². The molecular formula is C9H17NOS. The van der Waals surface area contributed by atoms with E-state index >= 15 is 0 Å². The Kier molecular flexibility index (Phi) is 2.43. The van der Waals surface area contributed by atoms with Gasteiger partial charge in [0.2, 0.25) is 6.41 Å². The highest BCUT2D eigenvalue weighted by Crippen LogP contribution is 2.47. The summed E-state index contributed by atoms with van der Waals surface area (Å²) in [5, 5.41) is 0. The van der Waals surface area contributed by atoms with E-state index in [4.69, 9.17) is 0 Å². The summed E-state index contributed by atoms with van der Waals surface area (Å²) in [6.45, 7) is 9.59. The highest BCUT2D eigenvalue weighted by Gasteiger charge is 2.45. The van der Waals surface area contributed by atoms with Crippen molar-refractivity contribution in [3.8, 4) is 0 Å². The molecule has 3 heteroatoms. The Morgan fingerprint density at radius 3 is 2.42 bits per heavy atom. The second-order valence-corrected chi connectivity index (χ2v) is 5.87. The monoisotopic (exact) mass is 187 g/mol. The SMILES string of the molecule is CC(C)(C)[C@@]1(C)SCCN1C=O. The van der Waals surface area contributed by atoms with E-state index in [2.05, 4.69) is 27.7 Å². The van der Waals surface area contributed by atoms with Crippen LogP contribution < -0.4 is 0 Å². The average Bonchev–Trinajstić information content (AvgIpc) is 2.30. The van der Waals surface area contributed by atoms with E-state index < -0.39 is 0 Å². The van der Waals surface area contributed by atoms with Crippen LogP contribution in [0.25, 0.3) is 0 Å². The first kappa shape index (κ1) is 9.90. The predicted octanol–water partition coefficient (Wildman–Crippen LogP) is 1.95. The fourth-order valence-corrected chi connectivity index (χ4v) is 2.86. The van der Waals surface area contributed by atoms with Crippen LogP contribution in [0.15, 0.2) is 0 Å². The van der Waals surface area contributed by atoms with Crippen LogP contribution in [-0.2, 0) is 4.79 Å². The van der Waals surface area contributed by atoms with Crippen molar-refractivity contribution in [3.63, 3.8) is 0 Å². The van der Waals surface area contributed by atoms with Gasteiger partial charge in [0.1, 0.15) is 0 Å². The van der Waals surface area contributed by atoms with Gasteiger partial charge in [0.05, 0.1) is 4.87 Å². The number of hydrogen-bond acceptors (Lipinski definition) is 2. The first-order valence-corrected chi connectivity index (χ1v) is 5.26. The second-order valence-electron chi connectivity index (χ2n) is 4.38. The Morgan fingerprint density at radius 2 is 2.08 bits per heavy atom. The van der Waals surface area contributed by atoms with E-state index in [1.165, 1.54) is 0 Å². The molecular weight excluding hydrogens is 170 g/mol. The summed E-state index contributed by atoms with van der Waals surface area (Å²) in [7, 11) is 0. The van der Waals surface area contributed by atoms with Gasteiger partial charge in [0, 0.05) is 12.3 Å². The summed E-state index contributed by atoms with van der Waals surface area (Å²) < 4.78 is 0. The summed E-state index contributed by atoms with van der Waals surface area (Å²) in [5.74, 6) is 1.06. The first-order chi connectivity index (χ1) is 5.42. The third-order valence-corrected chi connectivity index (χ3v) is 4.58. The van der Waals surface area contributed by atoms with Gasteiger partial charge >= 0.3 is 0 Å². The molecule has 0 aliphatic carbocycles. The lowest BCUT2D eigenvalue weighted by Crippen LogP contribution is -2.48. The van der Waals surface area contributed by atoms with Crippen LogP contribution in [0.4, 0.5) is 0 Å². The molecule has 1 atom stereocenters. The fraction of sp³-hybridized carbons (Fsp3) is 0.889. The van der Waals surface area contributed by atoms with Crippen LogP contribution in [-0.4, -0.2) is 28.5 Å². The maximum atomic E-state index is 10.8. The number of nitrogens with zero attached hydrogens (tertiary/aromatic N) is 1. The standard InChI is InChI=1S/C9H17NOS/c1-8(2,3)9(4)10(7-11)5-6-12-9/h7H,5-6H2,1-4H3/t9-/m1/s1. The Morgan fingerprint density at radius 1 is 1.50 bits per heavy atom. The van der Waals surface area contributed by atoms with Crippen LogP contribution in [0.3, 0.4) is 0 Å². The summed E-state index contributed by atoms with van der Waals surface area (Å²) in [6.07, 6.45) is 0.977. The van der Waals surface area contributed by atoms with Crippen molar-refractivity contribution < 1.29 is 4.79 Å². The molecule has 0 N–H and O–H groups in total. The van der Waals surface area contributed by atoms with Gasteiger partial charge in [-0.25, -0.2) is 0 Å². The zero-order valence-electron chi connectivity index (χ0n) is 8.26. The van der Waals surface area contributed by atoms with Crippen molar-refractivity contribution in [2.24, 2.45) is 5.41 Å². The molecule has 1 aliphatic heterocycles. The smallest absolute Gasteiger partial charge is 0.210 e. The topological polar surface area (TPSA) is 20.3 Å². The highest BCUT2D eigenvalue weighted by atomic mass is 32.2. The number of rotatable bonds is 1. The van der Waals surface area contributed by atoms with E-state index in [1.807, 2.05) is 16.7 Å². The number of thioether (sulfide) groups is 1. The molecule has 0 saturated carbocycles. The predicted molar refractivity (Wildman–Crippen MR) is 53.1 cm³/mol. The van der Waals surface area contributed by atoms with Crippen LogP contribution in [0.1, 0.15) is 27.7 Å². The van der Waals surface area contributed by atoms with Gasteiger partial charge in [-0.2, -0.15) is 0 Å². The summed E-state index contributed by atoms with van der Waals surface area (Å²) in [4.78, 5) is 12.7. The van der Waals surface area contributed by atoms with E-state index in [1.54, 1.807) is 0 Å². The molecule has 0 aromatic carbocycles. The van der Waals surface area contributed by atoms with Crippen molar-refractivity contribution >= 4 is 18.2 Å². The van der Waals surface area contributed by atoms with E-state index in [9.17, 15) is 4.79 Å². The van der Waals surface area contributed by atoms with Crippen molar-refractivity contribution in [1.82, 2.24) is 4.90 Å². The molecule has 12 heavy (non-hydrogen) atoms. The second kappa shape index (κ2) is 2.95. The van der Waals surface area contributed by atoms with Crippen molar-refractivity contribution in [2.75, 3.05) is 12.3 Å². The molecule has 0 unspecified atom stereocenters. The highest BCUT2D eigenvalue weighted by molar-refractivity contribution is 8.00. The van der Waals surface area contributed by atoms with Gasteiger partial charge in [0.15, 0.2) is 0 Å². The van der Waals surface area contributed by atoms with Gasteiger partial charge in [-0.15, -0.1) is 11.8 Å². The average molecular weight is 187 g/mol. The lowest BCUT2D eigenvalue weighted by Gasteiger charge is -2.42. The van der Waals surface area contributed by atoms with Crippen molar-refractivity contribution in [1.29, 1.82) is 0 Å². The minimum absolute atomic E-state index is 0.0191. The molecule has 0 aromatic heterocycles.